The highest BCUT2D eigenvalue weighted by Gasteiger charge is 2.39. The van der Waals surface area contributed by atoms with E-state index in [0.29, 0.717) is 6.54 Å². The number of aromatic amines is 1. The van der Waals surface area contributed by atoms with Gasteiger partial charge in [0.05, 0.1) is 0 Å². The molecule has 0 aliphatic rings. The third kappa shape index (κ3) is 3.57. The Morgan fingerprint density at radius 3 is 2.41 bits per heavy atom. The van der Waals surface area contributed by atoms with Crippen LogP contribution in [0.5, 0.6) is 0 Å². The van der Waals surface area contributed by atoms with E-state index >= 15 is 0 Å². The van der Waals surface area contributed by atoms with Crippen molar-refractivity contribution in [2.75, 3.05) is 5.32 Å². The predicted octanol–water partition coefficient (Wildman–Crippen LogP) is 2.27. The second-order valence-electron chi connectivity index (χ2n) is 4.75. The van der Waals surface area contributed by atoms with Crippen LogP contribution in [0.15, 0.2) is 46.0 Å². The molecular weight excluding hydrogens is 299 g/mol. The molecule has 0 aliphatic heterocycles. The predicted molar refractivity (Wildman–Crippen MR) is 75.9 cm³/mol. The van der Waals surface area contributed by atoms with Crippen molar-refractivity contribution in [2.45, 2.75) is 25.7 Å². The summed E-state index contributed by atoms with van der Waals surface area (Å²) in [6.45, 7) is 1.09. The van der Waals surface area contributed by atoms with Gasteiger partial charge in [-0.3, -0.25) is 9.78 Å². The molecule has 22 heavy (non-hydrogen) atoms. The van der Waals surface area contributed by atoms with Gasteiger partial charge in [-0.05, 0) is 12.5 Å². The molecule has 118 valence electrons. The molecular formula is C14H14F3N3O2. The lowest BCUT2D eigenvalue weighted by molar-refractivity contribution is -0.164. The molecule has 2 rings (SSSR count). The lowest BCUT2D eigenvalue weighted by Crippen LogP contribution is -2.42. The topological polar surface area (TPSA) is 66.9 Å². The summed E-state index contributed by atoms with van der Waals surface area (Å²) in [7, 11) is 0. The normalized spacial score (nSPS) is 12.9. The number of halogens is 3. The zero-order valence-corrected chi connectivity index (χ0v) is 11.6. The van der Waals surface area contributed by atoms with Crippen LogP contribution >= 0.6 is 0 Å². The first kappa shape index (κ1) is 15.9. The molecule has 0 spiro atoms. The summed E-state index contributed by atoms with van der Waals surface area (Å²) in [4.78, 5) is 25.7. The maximum absolute atomic E-state index is 12.6. The summed E-state index contributed by atoms with van der Waals surface area (Å²) in [5.74, 6) is 0.0736. The van der Waals surface area contributed by atoms with Crippen molar-refractivity contribution >= 4 is 5.82 Å². The number of rotatable bonds is 4. The van der Waals surface area contributed by atoms with Crippen molar-refractivity contribution in [1.82, 2.24) is 9.55 Å². The fourth-order valence-electron chi connectivity index (χ4n) is 1.91. The highest BCUT2D eigenvalue weighted by atomic mass is 19.4. The van der Waals surface area contributed by atoms with Gasteiger partial charge in [0.2, 0.25) is 0 Å². The number of benzene rings is 1. The monoisotopic (exact) mass is 313 g/mol. The average Bonchev–Trinajstić information content (AvgIpc) is 2.44. The molecule has 1 aromatic carbocycles. The Balaban J connectivity index is 2.24. The third-order valence-corrected chi connectivity index (χ3v) is 3.15. The molecule has 0 bridgehead atoms. The van der Waals surface area contributed by atoms with Gasteiger partial charge in [-0.2, -0.15) is 13.2 Å². The van der Waals surface area contributed by atoms with Crippen LogP contribution in [0.25, 0.3) is 0 Å². The van der Waals surface area contributed by atoms with Crippen LogP contribution in [-0.2, 0) is 6.54 Å². The molecule has 1 aromatic heterocycles. The van der Waals surface area contributed by atoms with Crippen molar-refractivity contribution in [1.29, 1.82) is 0 Å². The third-order valence-electron chi connectivity index (χ3n) is 3.15. The number of hydrogen-bond acceptors (Lipinski definition) is 3. The van der Waals surface area contributed by atoms with E-state index in [-0.39, 0.29) is 10.4 Å². The highest BCUT2D eigenvalue weighted by Crippen LogP contribution is 2.27. The van der Waals surface area contributed by atoms with Crippen LogP contribution in [0.1, 0.15) is 18.5 Å². The molecule has 0 radical (unpaired) electrons. The van der Waals surface area contributed by atoms with E-state index in [2.05, 4.69) is 10.3 Å². The molecule has 0 amide bonds. The van der Waals surface area contributed by atoms with Gasteiger partial charge in [0.1, 0.15) is 11.9 Å². The smallest absolute Gasteiger partial charge is 0.367 e. The fraction of sp³-hybridized carbons (Fsp3) is 0.286. The summed E-state index contributed by atoms with van der Waals surface area (Å²) in [6, 6.07) is 7.89. The molecule has 1 atom stereocenters. The van der Waals surface area contributed by atoms with E-state index in [1.807, 2.05) is 30.3 Å². The van der Waals surface area contributed by atoms with E-state index in [0.717, 1.165) is 18.6 Å². The van der Waals surface area contributed by atoms with Crippen LogP contribution in [0.4, 0.5) is 19.0 Å². The van der Waals surface area contributed by atoms with Crippen molar-refractivity contribution in [3.05, 3.63) is 62.8 Å². The van der Waals surface area contributed by atoms with Crippen molar-refractivity contribution < 1.29 is 13.2 Å². The number of anilines is 1. The molecule has 5 nitrogen and oxygen atoms in total. The van der Waals surface area contributed by atoms with Gasteiger partial charge in [-0.1, -0.05) is 30.3 Å². The first-order valence-electron chi connectivity index (χ1n) is 6.49. The molecule has 0 fully saturated rings. The fourth-order valence-corrected chi connectivity index (χ4v) is 1.91. The van der Waals surface area contributed by atoms with Gasteiger partial charge in [0.25, 0.3) is 5.56 Å². The Morgan fingerprint density at radius 2 is 1.86 bits per heavy atom. The lowest BCUT2D eigenvalue weighted by atomic mass is 10.2. The number of H-pyrrole nitrogens is 1. The van der Waals surface area contributed by atoms with Crippen molar-refractivity contribution in [3.63, 3.8) is 0 Å². The minimum absolute atomic E-state index is 0.0736. The van der Waals surface area contributed by atoms with Crippen molar-refractivity contribution in [3.8, 4) is 0 Å². The first-order valence-corrected chi connectivity index (χ1v) is 6.49. The molecule has 1 heterocycles. The zero-order chi connectivity index (χ0) is 16.3. The van der Waals surface area contributed by atoms with Crippen LogP contribution < -0.4 is 16.6 Å². The van der Waals surface area contributed by atoms with Gasteiger partial charge in [0, 0.05) is 12.6 Å². The standard InChI is InChI=1S/C14H14F3N3O2/c1-9(14(15,16)17)20-12(21)7-11(19-13(20)22)18-8-10-5-3-2-4-6-10/h2-7,9,18H,8H2,1H3,(H,19,22). The zero-order valence-electron chi connectivity index (χ0n) is 11.6. The van der Waals surface area contributed by atoms with Gasteiger partial charge in [0.15, 0.2) is 0 Å². The number of hydrogen-bond donors (Lipinski definition) is 2. The number of aromatic nitrogens is 2. The first-order chi connectivity index (χ1) is 10.3. The lowest BCUT2D eigenvalue weighted by Gasteiger charge is -2.17. The molecule has 2 aromatic rings. The second-order valence-corrected chi connectivity index (χ2v) is 4.75. The van der Waals surface area contributed by atoms with E-state index in [1.165, 1.54) is 0 Å². The van der Waals surface area contributed by atoms with Crippen molar-refractivity contribution in [2.24, 2.45) is 0 Å². The Labute approximate surface area is 123 Å². The number of nitrogens with zero attached hydrogens (tertiary/aromatic N) is 1. The van der Waals surface area contributed by atoms with Crippen LogP contribution in [-0.4, -0.2) is 15.7 Å². The van der Waals surface area contributed by atoms with Crippen LogP contribution in [0.3, 0.4) is 0 Å². The second kappa shape index (κ2) is 6.08. The summed E-state index contributed by atoms with van der Waals surface area (Å²) in [6.07, 6.45) is -4.67. The van der Waals surface area contributed by atoms with E-state index in [9.17, 15) is 22.8 Å². The Morgan fingerprint density at radius 1 is 1.23 bits per heavy atom. The minimum Gasteiger partial charge on any atom is -0.367 e. The van der Waals surface area contributed by atoms with E-state index in [1.54, 1.807) is 0 Å². The summed E-state index contributed by atoms with van der Waals surface area (Å²) < 4.78 is 38.1. The molecule has 0 aliphatic carbocycles. The van der Waals surface area contributed by atoms with Gasteiger partial charge >= 0.3 is 11.9 Å². The van der Waals surface area contributed by atoms with Crippen LogP contribution in [0.2, 0.25) is 0 Å². The Bertz CT molecular complexity index is 719. The van der Waals surface area contributed by atoms with Gasteiger partial charge in [-0.25, -0.2) is 9.36 Å². The highest BCUT2D eigenvalue weighted by molar-refractivity contribution is 5.33. The van der Waals surface area contributed by atoms with E-state index < -0.39 is 23.5 Å². The Kier molecular flexibility index (Phi) is 4.39. The summed E-state index contributed by atoms with van der Waals surface area (Å²) >= 11 is 0. The molecule has 8 heteroatoms. The SMILES string of the molecule is CC(n1c(=O)cc(NCc2ccccc2)[nH]c1=O)C(F)(F)F. The average molecular weight is 313 g/mol. The Hall–Kier alpha value is -2.51. The molecule has 2 N–H and O–H groups in total. The number of nitrogens with one attached hydrogen (secondary N) is 2. The van der Waals surface area contributed by atoms with E-state index in [4.69, 9.17) is 0 Å². The van der Waals surface area contributed by atoms with Gasteiger partial charge < -0.3 is 5.32 Å². The largest absolute Gasteiger partial charge is 0.409 e. The molecule has 1 unspecified atom stereocenters. The van der Waals surface area contributed by atoms with Gasteiger partial charge in [-0.15, -0.1) is 0 Å². The number of alkyl halides is 3. The summed E-state index contributed by atoms with van der Waals surface area (Å²) in [5, 5.41) is 2.80. The molecule has 0 saturated heterocycles. The maximum Gasteiger partial charge on any atom is 0.409 e. The molecule has 0 saturated carbocycles. The summed E-state index contributed by atoms with van der Waals surface area (Å²) in [5.41, 5.74) is -1.21. The quantitative estimate of drug-likeness (QED) is 0.910. The maximum atomic E-state index is 12.6. The minimum atomic E-state index is -4.67. The van der Waals surface area contributed by atoms with Crippen LogP contribution in [0, 0.1) is 0 Å².